The molecule has 2 aromatic carbocycles. The molecule has 0 aliphatic rings. The Morgan fingerprint density at radius 1 is 0.889 bits per heavy atom. The number of ether oxygens (including phenoxy) is 2. The molecule has 0 atom stereocenters. The second-order valence-corrected chi connectivity index (χ2v) is 5.24. The highest BCUT2D eigenvalue weighted by molar-refractivity contribution is 5.89. The predicted molar refractivity (Wildman–Crippen MR) is 95.8 cm³/mol. The van der Waals surface area contributed by atoms with E-state index < -0.39 is 23.4 Å². The molecule has 0 heterocycles. The first-order valence-electron chi connectivity index (χ1n) is 7.54. The van der Waals surface area contributed by atoms with Crippen LogP contribution in [-0.4, -0.2) is 39.5 Å². The lowest BCUT2D eigenvalue weighted by Crippen LogP contribution is -2.04. The van der Waals surface area contributed by atoms with Gasteiger partial charge in [-0.3, -0.25) is 0 Å². The van der Waals surface area contributed by atoms with Crippen LogP contribution in [0.5, 0.6) is 28.7 Å². The number of carbonyl (C=O) groups is 2. The van der Waals surface area contributed by atoms with Gasteiger partial charge in [-0.2, -0.15) is 0 Å². The number of aromatic hydroxyl groups is 3. The minimum absolute atomic E-state index is 0.0265. The number of phenolic OH excluding ortho intramolecular Hbond substituents is 3. The van der Waals surface area contributed by atoms with Crippen LogP contribution in [0.25, 0.3) is 12.2 Å². The molecular formula is C19H16O8. The second-order valence-electron chi connectivity index (χ2n) is 5.24. The van der Waals surface area contributed by atoms with E-state index in [-0.39, 0.29) is 17.2 Å². The van der Waals surface area contributed by atoms with Gasteiger partial charge in [0.2, 0.25) is 5.75 Å². The molecule has 4 N–H and O–H groups in total. The number of carbonyl (C=O) groups excluding carboxylic acids is 1. The van der Waals surface area contributed by atoms with Gasteiger partial charge in [-0.1, -0.05) is 6.07 Å². The van der Waals surface area contributed by atoms with Crippen LogP contribution in [0.4, 0.5) is 0 Å². The first-order chi connectivity index (χ1) is 12.8. The summed E-state index contributed by atoms with van der Waals surface area (Å²) in [7, 11) is 1.31. The Morgan fingerprint density at radius 3 is 2.22 bits per heavy atom. The van der Waals surface area contributed by atoms with Crippen LogP contribution in [0.15, 0.2) is 42.5 Å². The van der Waals surface area contributed by atoms with Crippen molar-refractivity contribution in [1.29, 1.82) is 0 Å². The summed E-state index contributed by atoms with van der Waals surface area (Å²) in [5.74, 6) is -3.23. The summed E-state index contributed by atoms with van der Waals surface area (Å²) in [5.41, 5.74) is 0.775. The van der Waals surface area contributed by atoms with Crippen molar-refractivity contribution in [3.8, 4) is 28.7 Å². The van der Waals surface area contributed by atoms with E-state index in [0.29, 0.717) is 11.1 Å². The smallest absolute Gasteiger partial charge is 0.336 e. The van der Waals surface area contributed by atoms with Gasteiger partial charge in [0.15, 0.2) is 23.0 Å². The third kappa shape index (κ3) is 5.27. The quantitative estimate of drug-likeness (QED) is 0.263. The Balaban J connectivity index is 2.16. The molecule has 2 rings (SSSR count). The zero-order valence-electron chi connectivity index (χ0n) is 14.1. The molecule has 0 unspecified atom stereocenters. The number of phenols is 3. The van der Waals surface area contributed by atoms with E-state index in [2.05, 4.69) is 0 Å². The summed E-state index contributed by atoms with van der Waals surface area (Å²) in [6.07, 6.45) is 4.54. The summed E-state index contributed by atoms with van der Waals surface area (Å²) >= 11 is 0. The molecule has 8 nitrogen and oxygen atoms in total. The Labute approximate surface area is 153 Å². The predicted octanol–water partition coefficient (Wildman–Crippen LogP) is 2.53. The van der Waals surface area contributed by atoms with E-state index in [9.17, 15) is 24.9 Å². The fraction of sp³-hybridized carbons (Fsp3) is 0.0526. The Hall–Kier alpha value is -3.94. The summed E-state index contributed by atoms with van der Waals surface area (Å²) in [5, 5.41) is 37.6. The number of rotatable bonds is 6. The minimum atomic E-state index is -1.14. The third-order valence-electron chi connectivity index (χ3n) is 3.32. The fourth-order valence-electron chi connectivity index (χ4n) is 2.06. The second kappa shape index (κ2) is 8.43. The highest BCUT2D eigenvalue weighted by Gasteiger charge is 2.10. The lowest BCUT2D eigenvalue weighted by Gasteiger charge is -2.07. The third-order valence-corrected chi connectivity index (χ3v) is 3.32. The maximum Gasteiger partial charge on any atom is 0.336 e. The largest absolute Gasteiger partial charge is 0.504 e. The number of hydrogen-bond acceptors (Lipinski definition) is 7. The van der Waals surface area contributed by atoms with Crippen molar-refractivity contribution in [1.82, 2.24) is 0 Å². The van der Waals surface area contributed by atoms with Gasteiger partial charge in [0.05, 0.1) is 7.11 Å². The van der Waals surface area contributed by atoms with Crippen molar-refractivity contribution in [3.05, 3.63) is 53.6 Å². The Kier molecular flexibility index (Phi) is 6.06. The monoisotopic (exact) mass is 372 g/mol. The summed E-state index contributed by atoms with van der Waals surface area (Å²) in [6.45, 7) is 0. The van der Waals surface area contributed by atoms with Gasteiger partial charge in [0.25, 0.3) is 0 Å². The molecule has 0 spiro atoms. The van der Waals surface area contributed by atoms with Crippen LogP contribution >= 0.6 is 0 Å². The van der Waals surface area contributed by atoms with Crippen LogP contribution in [0.3, 0.4) is 0 Å². The minimum Gasteiger partial charge on any atom is -0.504 e. The lowest BCUT2D eigenvalue weighted by molar-refractivity contribution is -0.131. The van der Waals surface area contributed by atoms with Crippen molar-refractivity contribution < 1.29 is 39.5 Å². The molecule has 0 fully saturated rings. The average Bonchev–Trinajstić information content (AvgIpc) is 2.63. The molecule has 0 saturated carbocycles. The number of hydrogen-bond donors (Lipinski definition) is 4. The number of esters is 1. The van der Waals surface area contributed by atoms with Crippen LogP contribution in [-0.2, 0) is 9.59 Å². The number of benzene rings is 2. The van der Waals surface area contributed by atoms with Crippen molar-refractivity contribution >= 4 is 24.1 Å². The molecule has 0 bridgehead atoms. The normalized spacial score (nSPS) is 11.0. The maximum atomic E-state index is 11.9. The molecule has 0 aromatic heterocycles. The summed E-state index contributed by atoms with van der Waals surface area (Å²) < 4.78 is 9.92. The highest BCUT2D eigenvalue weighted by Crippen LogP contribution is 2.36. The molecule has 27 heavy (non-hydrogen) atoms. The fourth-order valence-corrected chi connectivity index (χ4v) is 2.06. The van der Waals surface area contributed by atoms with E-state index in [4.69, 9.17) is 14.6 Å². The van der Waals surface area contributed by atoms with E-state index in [1.54, 1.807) is 0 Å². The number of methoxy groups -OCH3 is 1. The lowest BCUT2D eigenvalue weighted by atomic mass is 10.1. The summed E-state index contributed by atoms with van der Waals surface area (Å²) in [6, 6.07) is 6.63. The van der Waals surface area contributed by atoms with Gasteiger partial charge >= 0.3 is 11.9 Å². The standard InChI is InChI=1S/C19H16O8/c1-26-16-10-12(8-14(21)19(16)25)4-7-18(24)27-15-9-11(2-5-13(15)20)3-6-17(22)23/h2-10,20-21,25H,1H3,(H,22,23). The van der Waals surface area contributed by atoms with Crippen molar-refractivity contribution in [2.24, 2.45) is 0 Å². The molecule has 0 saturated heterocycles. The maximum absolute atomic E-state index is 11.9. The molecule has 0 radical (unpaired) electrons. The van der Waals surface area contributed by atoms with E-state index in [0.717, 1.165) is 12.2 Å². The number of aliphatic carboxylic acids is 1. The van der Waals surface area contributed by atoms with Gasteiger partial charge in [-0.05, 0) is 47.5 Å². The first-order valence-corrected chi connectivity index (χ1v) is 7.54. The van der Waals surface area contributed by atoms with Gasteiger partial charge in [-0.25, -0.2) is 9.59 Å². The Bertz CT molecular complexity index is 928. The molecule has 0 amide bonds. The first kappa shape index (κ1) is 19.4. The zero-order chi connectivity index (χ0) is 20.0. The highest BCUT2D eigenvalue weighted by atomic mass is 16.5. The molecule has 140 valence electrons. The van der Waals surface area contributed by atoms with Gasteiger partial charge in [0, 0.05) is 12.2 Å². The molecular weight excluding hydrogens is 356 g/mol. The van der Waals surface area contributed by atoms with E-state index >= 15 is 0 Å². The Morgan fingerprint density at radius 2 is 1.56 bits per heavy atom. The van der Waals surface area contributed by atoms with Gasteiger partial charge in [0.1, 0.15) is 0 Å². The van der Waals surface area contributed by atoms with E-state index in [1.807, 2.05) is 0 Å². The van der Waals surface area contributed by atoms with Crippen molar-refractivity contribution in [2.75, 3.05) is 7.11 Å². The van der Waals surface area contributed by atoms with Gasteiger partial charge < -0.3 is 29.9 Å². The van der Waals surface area contributed by atoms with Crippen LogP contribution in [0, 0.1) is 0 Å². The average molecular weight is 372 g/mol. The van der Waals surface area contributed by atoms with Crippen LogP contribution < -0.4 is 9.47 Å². The number of carboxylic acids is 1. The van der Waals surface area contributed by atoms with Crippen LogP contribution in [0.2, 0.25) is 0 Å². The molecule has 2 aromatic rings. The SMILES string of the molecule is COc1cc(C=CC(=O)Oc2cc(C=CC(=O)O)ccc2O)cc(O)c1O. The molecule has 0 aliphatic heterocycles. The van der Waals surface area contributed by atoms with Gasteiger partial charge in [-0.15, -0.1) is 0 Å². The van der Waals surface area contributed by atoms with Crippen molar-refractivity contribution in [3.63, 3.8) is 0 Å². The molecule has 8 heteroatoms. The van der Waals surface area contributed by atoms with Crippen molar-refractivity contribution in [2.45, 2.75) is 0 Å². The zero-order valence-corrected chi connectivity index (χ0v) is 14.1. The van der Waals surface area contributed by atoms with Crippen LogP contribution in [0.1, 0.15) is 11.1 Å². The number of carboxylic acid groups (broad SMARTS) is 1. The van der Waals surface area contributed by atoms with E-state index in [1.165, 1.54) is 49.6 Å². The summed E-state index contributed by atoms with van der Waals surface area (Å²) in [4.78, 5) is 22.5. The topological polar surface area (TPSA) is 134 Å². The molecule has 0 aliphatic carbocycles.